The first-order valence-electron chi connectivity index (χ1n) is 7.03. The van der Waals surface area contributed by atoms with Crippen molar-refractivity contribution in [2.24, 2.45) is 5.92 Å². The molecule has 7 nitrogen and oxygen atoms in total. The number of hydrogen-bond acceptors (Lipinski definition) is 5. The van der Waals surface area contributed by atoms with E-state index in [2.05, 4.69) is 10.6 Å². The predicted molar refractivity (Wildman–Crippen MR) is 75.2 cm³/mol. The minimum Gasteiger partial charge on any atom is -0.463 e. The number of carbonyl (C=O) groups is 3. The number of rotatable bonds is 7. The normalized spacial score (nSPS) is 14.6. The third-order valence-electron chi connectivity index (χ3n) is 2.88. The van der Waals surface area contributed by atoms with Crippen LogP contribution in [0.1, 0.15) is 33.6 Å². The van der Waals surface area contributed by atoms with Crippen molar-refractivity contribution < 1.29 is 23.9 Å². The van der Waals surface area contributed by atoms with Gasteiger partial charge in [0.2, 0.25) is 0 Å². The molecule has 0 atom stereocenters. The molecule has 1 heterocycles. The number of ether oxygens (including phenoxy) is 2. The summed E-state index contributed by atoms with van der Waals surface area (Å²) in [5.74, 6) is -0.476. The van der Waals surface area contributed by atoms with Crippen LogP contribution in [0.25, 0.3) is 0 Å². The number of hydrogen-bond donors (Lipinski definition) is 2. The summed E-state index contributed by atoms with van der Waals surface area (Å²) in [4.78, 5) is 34.7. The quantitative estimate of drug-likeness (QED) is 0.686. The largest absolute Gasteiger partial charge is 0.463 e. The van der Waals surface area contributed by atoms with E-state index in [4.69, 9.17) is 9.47 Å². The fraction of sp³-hybridized carbons (Fsp3) is 0.643. The van der Waals surface area contributed by atoms with E-state index in [1.165, 1.54) is 0 Å². The fourth-order valence-corrected chi connectivity index (χ4v) is 1.70. The third-order valence-corrected chi connectivity index (χ3v) is 2.88. The highest BCUT2D eigenvalue weighted by molar-refractivity contribution is 5.93. The first-order chi connectivity index (χ1) is 9.93. The Kier molecular flexibility index (Phi) is 6.71. The van der Waals surface area contributed by atoms with Crippen molar-refractivity contribution in [2.75, 3.05) is 19.8 Å². The molecule has 1 aliphatic rings. The molecule has 0 aliphatic carbocycles. The fourth-order valence-electron chi connectivity index (χ4n) is 1.70. The maximum absolute atomic E-state index is 11.8. The van der Waals surface area contributed by atoms with Crippen LogP contribution in [-0.4, -0.2) is 37.7 Å². The maximum Gasteiger partial charge on any atom is 0.337 e. The van der Waals surface area contributed by atoms with Gasteiger partial charge in [-0.3, -0.25) is 4.79 Å². The second-order valence-corrected chi connectivity index (χ2v) is 5.08. The summed E-state index contributed by atoms with van der Waals surface area (Å²) in [5.41, 5.74) is 0.545. The zero-order valence-corrected chi connectivity index (χ0v) is 12.7. The van der Waals surface area contributed by atoms with Crippen LogP contribution in [0, 0.1) is 5.92 Å². The van der Waals surface area contributed by atoms with Gasteiger partial charge >= 0.3 is 18.0 Å². The zero-order chi connectivity index (χ0) is 15.8. The Morgan fingerprint density at radius 2 is 2.00 bits per heavy atom. The lowest BCUT2D eigenvalue weighted by atomic mass is 10.1. The molecule has 0 aromatic rings. The Balaban J connectivity index is 2.63. The highest BCUT2D eigenvalue weighted by Crippen LogP contribution is 2.10. The molecule has 0 aromatic carbocycles. The van der Waals surface area contributed by atoms with E-state index in [1.807, 2.05) is 13.8 Å². The summed E-state index contributed by atoms with van der Waals surface area (Å²) in [5, 5.41) is 4.96. The van der Waals surface area contributed by atoms with Crippen LogP contribution in [0.2, 0.25) is 0 Å². The topological polar surface area (TPSA) is 93.7 Å². The number of amides is 2. The van der Waals surface area contributed by atoms with Gasteiger partial charge < -0.3 is 20.1 Å². The molecule has 2 N–H and O–H groups in total. The number of nitrogens with one attached hydrogen (secondary N) is 2. The zero-order valence-electron chi connectivity index (χ0n) is 12.7. The molecule has 118 valence electrons. The van der Waals surface area contributed by atoms with Gasteiger partial charge in [-0.2, -0.15) is 0 Å². The highest BCUT2D eigenvalue weighted by atomic mass is 16.5. The lowest BCUT2D eigenvalue weighted by Gasteiger charge is -2.21. The Hall–Kier alpha value is -2.05. The minimum absolute atomic E-state index is 0.0591. The average molecular weight is 298 g/mol. The summed E-state index contributed by atoms with van der Waals surface area (Å²) in [7, 11) is 0. The summed E-state index contributed by atoms with van der Waals surface area (Å²) in [6.45, 7) is 5.88. The van der Waals surface area contributed by atoms with Crippen molar-refractivity contribution >= 4 is 18.0 Å². The monoisotopic (exact) mass is 298 g/mol. The lowest BCUT2D eigenvalue weighted by molar-refractivity contribution is -0.143. The number of urea groups is 1. The molecular formula is C14H22N2O5. The Bertz CT molecular complexity index is 443. The van der Waals surface area contributed by atoms with Gasteiger partial charge in [-0.1, -0.05) is 13.8 Å². The van der Waals surface area contributed by atoms with Gasteiger partial charge in [0.1, 0.15) is 6.61 Å². The van der Waals surface area contributed by atoms with Crippen molar-refractivity contribution in [1.29, 1.82) is 0 Å². The van der Waals surface area contributed by atoms with Crippen LogP contribution >= 0.6 is 0 Å². The number of carbonyl (C=O) groups excluding carboxylic acids is 3. The smallest absolute Gasteiger partial charge is 0.337 e. The van der Waals surface area contributed by atoms with Crippen LogP contribution in [-0.2, 0) is 19.1 Å². The third kappa shape index (κ3) is 5.85. The summed E-state index contributed by atoms with van der Waals surface area (Å²) < 4.78 is 10.00. The minimum atomic E-state index is -0.529. The molecular weight excluding hydrogens is 276 g/mol. The van der Waals surface area contributed by atoms with Crippen LogP contribution in [0.3, 0.4) is 0 Å². The van der Waals surface area contributed by atoms with Gasteiger partial charge in [-0.05, 0) is 19.3 Å². The molecule has 1 rings (SSSR count). The van der Waals surface area contributed by atoms with E-state index >= 15 is 0 Å². The molecule has 0 bridgehead atoms. The molecule has 0 aromatic heterocycles. The van der Waals surface area contributed by atoms with Gasteiger partial charge in [-0.25, -0.2) is 9.59 Å². The second-order valence-electron chi connectivity index (χ2n) is 5.08. The van der Waals surface area contributed by atoms with Crippen molar-refractivity contribution in [3.05, 3.63) is 11.3 Å². The summed E-state index contributed by atoms with van der Waals surface area (Å²) >= 11 is 0. The maximum atomic E-state index is 11.8. The summed E-state index contributed by atoms with van der Waals surface area (Å²) in [6, 6.07) is -0.434. The van der Waals surface area contributed by atoms with E-state index in [0.29, 0.717) is 12.3 Å². The second kappa shape index (κ2) is 8.28. The van der Waals surface area contributed by atoms with Crippen LogP contribution < -0.4 is 10.6 Å². The predicted octanol–water partition coefficient (Wildman–Crippen LogP) is 1.10. The molecule has 0 saturated heterocycles. The SMILES string of the molecule is CCOC(=O)C1=C(COC(=O)CCC(C)C)NC(=O)NC1. The Morgan fingerprint density at radius 3 is 2.62 bits per heavy atom. The molecule has 1 aliphatic heterocycles. The molecule has 2 amide bonds. The first kappa shape index (κ1) is 17.0. The van der Waals surface area contributed by atoms with E-state index in [9.17, 15) is 14.4 Å². The lowest BCUT2D eigenvalue weighted by Crippen LogP contribution is -2.45. The van der Waals surface area contributed by atoms with Crippen molar-refractivity contribution in [2.45, 2.75) is 33.6 Å². The van der Waals surface area contributed by atoms with E-state index in [-0.39, 0.29) is 37.0 Å². The van der Waals surface area contributed by atoms with Crippen molar-refractivity contribution in [3.63, 3.8) is 0 Å². The average Bonchev–Trinajstić information content (AvgIpc) is 2.43. The van der Waals surface area contributed by atoms with Gasteiger partial charge in [0.25, 0.3) is 0 Å². The first-order valence-corrected chi connectivity index (χ1v) is 7.03. The Morgan fingerprint density at radius 1 is 1.29 bits per heavy atom. The van der Waals surface area contributed by atoms with Crippen molar-refractivity contribution in [1.82, 2.24) is 10.6 Å². The van der Waals surface area contributed by atoms with Gasteiger partial charge in [-0.15, -0.1) is 0 Å². The molecule has 0 unspecified atom stereocenters. The molecule has 21 heavy (non-hydrogen) atoms. The van der Waals surface area contributed by atoms with Crippen LogP contribution in [0.15, 0.2) is 11.3 Å². The van der Waals surface area contributed by atoms with Gasteiger partial charge in [0.05, 0.1) is 24.4 Å². The molecule has 7 heteroatoms. The van der Waals surface area contributed by atoms with Crippen molar-refractivity contribution in [3.8, 4) is 0 Å². The van der Waals surface area contributed by atoms with E-state index in [0.717, 1.165) is 6.42 Å². The highest BCUT2D eigenvalue weighted by Gasteiger charge is 2.24. The molecule has 0 fully saturated rings. The van der Waals surface area contributed by atoms with E-state index < -0.39 is 12.0 Å². The van der Waals surface area contributed by atoms with E-state index in [1.54, 1.807) is 6.92 Å². The summed E-state index contributed by atoms with van der Waals surface area (Å²) in [6.07, 6.45) is 1.04. The van der Waals surface area contributed by atoms with Crippen LogP contribution in [0.4, 0.5) is 4.79 Å². The molecule has 0 spiro atoms. The Labute approximate surface area is 124 Å². The molecule has 0 saturated carbocycles. The molecule has 0 radical (unpaired) electrons. The van der Waals surface area contributed by atoms with Crippen LogP contribution in [0.5, 0.6) is 0 Å². The standard InChI is InChI=1S/C14H22N2O5/c1-4-20-13(18)10-7-15-14(19)16-11(10)8-21-12(17)6-5-9(2)3/h9H,4-8H2,1-3H3,(H2,15,16,19). The number of esters is 2. The van der Waals surface area contributed by atoms with Gasteiger partial charge in [0.15, 0.2) is 0 Å². The van der Waals surface area contributed by atoms with Gasteiger partial charge in [0, 0.05) is 6.42 Å².